The quantitative estimate of drug-likeness (QED) is 0.469. The van der Waals surface area contributed by atoms with Crippen LogP contribution in [0.4, 0.5) is 0 Å². The van der Waals surface area contributed by atoms with Gasteiger partial charge in [-0.2, -0.15) is 5.90 Å². The summed E-state index contributed by atoms with van der Waals surface area (Å²) in [7, 11) is 0. The summed E-state index contributed by atoms with van der Waals surface area (Å²) in [4.78, 5) is 8.47. The number of pyridine rings is 1. The maximum atomic E-state index is 4.77. The van der Waals surface area contributed by atoms with Crippen molar-refractivity contribution in [3.8, 4) is 0 Å². The Labute approximate surface area is 98.1 Å². The van der Waals surface area contributed by atoms with Crippen LogP contribution in [-0.2, 0) is 9.32 Å². The van der Waals surface area contributed by atoms with Gasteiger partial charge in [-0.3, -0.25) is 0 Å². The van der Waals surface area contributed by atoms with Crippen LogP contribution in [-0.4, -0.2) is 18.1 Å². The van der Waals surface area contributed by atoms with E-state index in [4.69, 9.17) is 5.90 Å². The lowest BCUT2D eigenvalue weighted by atomic mass is 10.1. The van der Waals surface area contributed by atoms with Crippen molar-refractivity contribution >= 4 is 17.6 Å². The zero-order valence-corrected chi connectivity index (χ0v) is 9.50. The number of aromatic nitrogens is 1. The Kier molecular flexibility index (Phi) is 4.32. The number of nitrogens with zero attached hydrogens (tertiary/aromatic N) is 1. The maximum Gasteiger partial charge on any atom is 0.127 e. The van der Waals surface area contributed by atoms with E-state index in [9.17, 15) is 0 Å². The highest BCUT2D eigenvalue weighted by Crippen LogP contribution is 2.22. The van der Waals surface area contributed by atoms with E-state index in [1.807, 2.05) is 18.2 Å². The minimum absolute atomic E-state index is 0.724. The fraction of sp³-hybridized carbons (Fsp3) is 0.300. The van der Waals surface area contributed by atoms with Crippen molar-refractivity contribution in [1.29, 1.82) is 0 Å². The monoisotopic (exact) mass is 239 g/mol. The lowest BCUT2D eigenvalue weighted by Gasteiger charge is -2.13. The fourth-order valence-electron chi connectivity index (χ4n) is 1.55. The van der Waals surface area contributed by atoms with Crippen molar-refractivity contribution in [2.45, 2.75) is 11.4 Å². The average molecular weight is 239 g/mol. The molecule has 1 aromatic rings. The highest BCUT2D eigenvalue weighted by Gasteiger charge is 2.08. The first-order valence-electron chi connectivity index (χ1n) is 4.97. The fourth-order valence-corrected chi connectivity index (χ4v) is 1.93. The molecule has 0 unspecified atom stereocenters. The van der Waals surface area contributed by atoms with Gasteiger partial charge in [-0.1, -0.05) is 12.1 Å². The number of nitrogens with one attached hydrogen (secondary N) is 1. The van der Waals surface area contributed by atoms with Gasteiger partial charge in [0, 0.05) is 6.54 Å². The molecule has 0 aromatic carbocycles. The Morgan fingerprint density at radius 1 is 1.44 bits per heavy atom. The third-order valence-electron chi connectivity index (χ3n) is 2.28. The minimum Gasteiger partial charge on any atom is -0.313 e. The van der Waals surface area contributed by atoms with Crippen LogP contribution in [0.5, 0.6) is 0 Å². The molecule has 1 aromatic heterocycles. The summed E-state index contributed by atoms with van der Waals surface area (Å²) in [5.74, 6) is 4.77. The topological polar surface area (TPSA) is 69.4 Å². The average Bonchev–Trinajstić information content (AvgIpc) is 2.38. The van der Waals surface area contributed by atoms with Crippen LogP contribution in [0.2, 0.25) is 0 Å². The van der Waals surface area contributed by atoms with Crippen LogP contribution in [0.25, 0.3) is 5.57 Å². The van der Waals surface area contributed by atoms with Gasteiger partial charge in [0.25, 0.3) is 0 Å². The van der Waals surface area contributed by atoms with Crippen molar-refractivity contribution in [1.82, 2.24) is 10.3 Å². The predicted octanol–water partition coefficient (Wildman–Crippen LogP) is 1.29. The molecule has 6 heteroatoms. The lowest BCUT2D eigenvalue weighted by molar-refractivity contribution is -0.195. The summed E-state index contributed by atoms with van der Waals surface area (Å²) in [6.07, 6.45) is 3.15. The first-order chi connectivity index (χ1) is 7.90. The Morgan fingerprint density at radius 2 is 2.38 bits per heavy atom. The van der Waals surface area contributed by atoms with E-state index in [1.165, 1.54) is 5.57 Å². The molecule has 0 bridgehead atoms. The molecule has 0 saturated carbocycles. The number of rotatable bonds is 4. The van der Waals surface area contributed by atoms with Crippen molar-refractivity contribution < 1.29 is 9.32 Å². The standard InChI is InChI=1S/C10H13N3O2S/c11-14-15-16-10-3-1-2-9(13-10)8-4-6-12-7-5-8/h1-4,12H,5-7,11H2. The first-order valence-corrected chi connectivity index (χ1v) is 5.71. The SMILES string of the molecule is NOOSc1cccc(C2=CCNCC2)n1. The summed E-state index contributed by atoms with van der Waals surface area (Å²) in [5.41, 5.74) is 2.24. The molecule has 1 aliphatic rings. The molecule has 0 saturated heterocycles. The van der Waals surface area contributed by atoms with Crippen LogP contribution in [0.15, 0.2) is 29.3 Å². The molecule has 0 amide bonds. The van der Waals surface area contributed by atoms with E-state index < -0.39 is 0 Å². The van der Waals surface area contributed by atoms with Gasteiger partial charge in [-0.05, 0) is 30.7 Å². The smallest absolute Gasteiger partial charge is 0.127 e. The molecular formula is C10H13N3O2S. The van der Waals surface area contributed by atoms with E-state index >= 15 is 0 Å². The summed E-state index contributed by atoms with van der Waals surface area (Å²) < 4.78 is 4.56. The molecule has 0 fully saturated rings. The Morgan fingerprint density at radius 3 is 3.12 bits per heavy atom. The van der Waals surface area contributed by atoms with Gasteiger partial charge in [0.15, 0.2) is 0 Å². The van der Waals surface area contributed by atoms with E-state index in [1.54, 1.807) is 0 Å². The van der Waals surface area contributed by atoms with E-state index in [0.717, 1.165) is 42.3 Å². The second-order valence-corrected chi connectivity index (χ2v) is 4.01. The molecule has 1 aliphatic heterocycles. The zero-order chi connectivity index (χ0) is 11.2. The van der Waals surface area contributed by atoms with Gasteiger partial charge in [0.2, 0.25) is 0 Å². The largest absolute Gasteiger partial charge is 0.313 e. The molecule has 86 valence electrons. The minimum atomic E-state index is 0.724. The molecule has 16 heavy (non-hydrogen) atoms. The molecule has 0 atom stereocenters. The molecular weight excluding hydrogens is 226 g/mol. The molecule has 2 rings (SSSR count). The van der Waals surface area contributed by atoms with Crippen LogP contribution in [0.3, 0.4) is 0 Å². The van der Waals surface area contributed by atoms with E-state index in [2.05, 4.69) is 25.7 Å². The second kappa shape index (κ2) is 5.97. The summed E-state index contributed by atoms with van der Waals surface area (Å²) in [6.45, 7) is 1.89. The summed E-state index contributed by atoms with van der Waals surface area (Å²) in [6, 6.07) is 5.77. The Hall–Kier alpha value is -0.920. The van der Waals surface area contributed by atoms with Crippen molar-refractivity contribution in [2.24, 2.45) is 5.90 Å². The summed E-state index contributed by atoms with van der Waals surface area (Å²) in [5, 5.41) is 3.99. The summed E-state index contributed by atoms with van der Waals surface area (Å²) >= 11 is 0.997. The molecule has 2 heterocycles. The van der Waals surface area contributed by atoms with Gasteiger partial charge < -0.3 is 5.32 Å². The van der Waals surface area contributed by atoms with Crippen LogP contribution in [0, 0.1) is 0 Å². The number of hydrogen-bond donors (Lipinski definition) is 2. The van der Waals surface area contributed by atoms with E-state index in [-0.39, 0.29) is 0 Å². The Bertz CT molecular complexity index is 384. The molecule has 0 spiro atoms. The van der Waals surface area contributed by atoms with Gasteiger partial charge in [-0.25, -0.2) is 4.98 Å². The van der Waals surface area contributed by atoms with Crippen LogP contribution < -0.4 is 11.2 Å². The third-order valence-corrected chi connectivity index (χ3v) is 2.82. The van der Waals surface area contributed by atoms with Crippen molar-refractivity contribution in [3.63, 3.8) is 0 Å². The molecule has 0 aliphatic carbocycles. The Balaban J connectivity index is 2.11. The first kappa shape index (κ1) is 11.6. The third kappa shape index (κ3) is 3.03. The van der Waals surface area contributed by atoms with Gasteiger partial charge in [0.05, 0.1) is 17.7 Å². The second-order valence-electron chi connectivity index (χ2n) is 3.29. The normalized spacial score (nSPS) is 15.9. The van der Waals surface area contributed by atoms with Gasteiger partial charge in [0.1, 0.15) is 5.03 Å². The predicted molar refractivity (Wildman–Crippen MR) is 61.9 cm³/mol. The number of hydrogen-bond acceptors (Lipinski definition) is 6. The molecule has 3 N–H and O–H groups in total. The molecule has 5 nitrogen and oxygen atoms in total. The van der Waals surface area contributed by atoms with Gasteiger partial charge in [-0.15, -0.1) is 9.32 Å². The lowest BCUT2D eigenvalue weighted by Crippen LogP contribution is -2.20. The highest BCUT2D eigenvalue weighted by atomic mass is 32.2. The van der Waals surface area contributed by atoms with Crippen molar-refractivity contribution in [3.05, 3.63) is 30.0 Å². The zero-order valence-electron chi connectivity index (χ0n) is 8.68. The van der Waals surface area contributed by atoms with Crippen LogP contribution >= 0.6 is 12.0 Å². The van der Waals surface area contributed by atoms with Gasteiger partial charge >= 0.3 is 0 Å². The highest BCUT2D eigenvalue weighted by molar-refractivity contribution is 7.94. The van der Waals surface area contributed by atoms with Crippen molar-refractivity contribution in [2.75, 3.05) is 13.1 Å². The maximum absolute atomic E-state index is 4.77. The van der Waals surface area contributed by atoms with E-state index in [0.29, 0.717) is 0 Å². The number of nitrogens with two attached hydrogens (primary N) is 1. The van der Waals surface area contributed by atoms with Crippen LogP contribution in [0.1, 0.15) is 12.1 Å². The molecule has 0 radical (unpaired) electrons.